The van der Waals surface area contributed by atoms with Crippen molar-refractivity contribution < 1.29 is 13.5 Å². The summed E-state index contributed by atoms with van der Waals surface area (Å²) in [6.07, 6.45) is 0. The molecule has 1 heterocycles. The lowest BCUT2D eigenvalue weighted by Crippen LogP contribution is -2.32. The van der Waals surface area contributed by atoms with E-state index in [1.807, 2.05) is 36.4 Å². The maximum atomic E-state index is 14.8. The molecule has 0 aromatic heterocycles. The highest BCUT2D eigenvalue weighted by Crippen LogP contribution is 2.67. The first kappa shape index (κ1) is 39.8. The van der Waals surface area contributed by atoms with E-state index in [9.17, 15) is 8.78 Å². The second-order valence-corrected chi connectivity index (χ2v) is 18.1. The number of rotatable bonds is 6. The molecule has 0 N–H and O–H groups in total. The van der Waals surface area contributed by atoms with Crippen LogP contribution in [0.15, 0.2) is 218 Å². The van der Waals surface area contributed by atoms with Gasteiger partial charge in [-0.2, -0.15) is 0 Å². The molecule has 0 bridgehead atoms. The number of hydrogen-bond acceptors (Lipinski definition) is 3. The van der Waals surface area contributed by atoms with Gasteiger partial charge in [-0.25, -0.2) is 8.78 Å². The molecule has 2 aliphatic carbocycles. The van der Waals surface area contributed by atoms with Crippen molar-refractivity contribution in [1.29, 1.82) is 0 Å². The van der Waals surface area contributed by atoms with Crippen LogP contribution in [0.5, 0.6) is 11.5 Å². The van der Waals surface area contributed by atoms with E-state index in [1.54, 1.807) is 0 Å². The minimum atomic E-state index is -0.913. The lowest BCUT2D eigenvalue weighted by molar-refractivity contribution is 0.436. The second-order valence-electron chi connectivity index (χ2n) is 18.1. The lowest BCUT2D eigenvalue weighted by atomic mass is 9.65. The van der Waals surface area contributed by atoms with Gasteiger partial charge in [0.15, 0.2) is 0 Å². The van der Waals surface area contributed by atoms with Crippen molar-refractivity contribution in [2.45, 2.75) is 19.3 Å². The van der Waals surface area contributed by atoms with Gasteiger partial charge >= 0.3 is 0 Å². The third-order valence-corrected chi connectivity index (χ3v) is 14.1. The van der Waals surface area contributed by atoms with Crippen LogP contribution in [0.4, 0.5) is 42.9 Å². The van der Waals surface area contributed by atoms with Crippen molar-refractivity contribution in [3.8, 4) is 56.0 Å². The minimum Gasteiger partial charge on any atom is -0.457 e. The molecule has 10 aromatic rings. The number of aryl methyl sites for hydroxylation is 2. The van der Waals surface area contributed by atoms with E-state index in [0.717, 1.165) is 124 Å². The average Bonchev–Trinajstić information content (AvgIpc) is 3.66. The van der Waals surface area contributed by atoms with Gasteiger partial charge in [0.25, 0.3) is 0 Å². The highest BCUT2D eigenvalue weighted by atomic mass is 19.1. The van der Waals surface area contributed by atoms with E-state index in [0.29, 0.717) is 0 Å². The number of anilines is 6. The Morgan fingerprint density at radius 2 is 0.647 bits per heavy atom. The van der Waals surface area contributed by atoms with Crippen LogP contribution in [0.25, 0.3) is 44.5 Å². The number of benzene rings is 10. The van der Waals surface area contributed by atoms with Crippen LogP contribution in [0.3, 0.4) is 0 Å². The summed E-state index contributed by atoms with van der Waals surface area (Å²) in [6, 6.07) is 74.5. The smallest absolute Gasteiger partial charge is 0.132 e. The molecular formula is C63H42F2N2O. The monoisotopic (exact) mass is 880 g/mol. The summed E-state index contributed by atoms with van der Waals surface area (Å²) in [6.45, 7) is 4.19. The molecule has 0 atom stereocenters. The third kappa shape index (κ3) is 5.95. The SMILES string of the molecule is Cc1ccc(N(c2ccc(F)cc2)c2cc3c4c(c2)C2(c5ccccc5Oc5ccccc52)c2cc(N(c5ccc(C)cc5)c5ccc(F)cc5)cc(c2-4)-c2ccccc2-c2ccccc2-3)cc1. The number of nitrogens with zero attached hydrogens (tertiary/aromatic N) is 2. The van der Waals surface area contributed by atoms with E-state index < -0.39 is 5.41 Å². The van der Waals surface area contributed by atoms with E-state index in [4.69, 9.17) is 4.74 Å². The molecular weight excluding hydrogens is 839 g/mol. The Hall–Kier alpha value is -8.54. The molecule has 3 aliphatic rings. The topological polar surface area (TPSA) is 15.7 Å². The van der Waals surface area contributed by atoms with Crippen LogP contribution in [0, 0.1) is 25.5 Å². The minimum absolute atomic E-state index is 0.296. The van der Waals surface area contributed by atoms with Gasteiger partial charge in [-0.3, -0.25) is 0 Å². The fraction of sp³-hybridized carbons (Fsp3) is 0.0476. The van der Waals surface area contributed by atoms with Crippen molar-refractivity contribution in [2.75, 3.05) is 9.80 Å². The van der Waals surface area contributed by atoms with Crippen molar-refractivity contribution in [2.24, 2.45) is 0 Å². The first-order chi connectivity index (χ1) is 33.3. The zero-order chi connectivity index (χ0) is 45.7. The summed E-state index contributed by atoms with van der Waals surface area (Å²) in [4.78, 5) is 4.50. The Bertz CT molecular complexity index is 3300. The number of halogens is 2. The first-order valence-corrected chi connectivity index (χ1v) is 23.0. The van der Waals surface area contributed by atoms with Crippen molar-refractivity contribution in [1.82, 2.24) is 0 Å². The highest BCUT2D eigenvalue weighted by molar-refractivity contribution is 6.11. The van der Waals surface area contributed by atoms with Gasteiger partial charge < -0.3 is 14.5 Å². The number of ether oxygens (including phenoxy) is 1. The van der Waals surface area contributed by atoms with Crippen LogP contribution < -0.4 is 14.5 Å². The summed E-state index contributed by atoms with van der Waals surface area (Å²) in [7, 11) is 0. The largest absolute Gasteiger partial charge is 0.457 e. The number of hydrogen-bond donors (Lipinski definition) is 0. The summed E-state index contributed by atoms with van der Waals surface area (Å²) in [5.41, 5.74) is 20.0. The van der Waals surface area contributed by atoms with Gasteiger partial charge in [0.05, 0.1) is 5.41 Å². The zero-order valence-corrected chi connectivity index (χ0v) is 37.3. The number of fused-ring (bicyclic) bond motifs is 11. The molecule has 1 spiro atoms. The molecule has 10 aromatic carbocycles. The van der Waals surface area contributed by atoms with Gasteiger partial charge in [-0.15, -0.1) is 0 Å². The Kier molecular flexibility index (Phi) is 8.93. The highest BCUT2D eigenvalue weighted by Gasteiger charge is 2.53. The van der Waals surface area contributed by atoms with Crippen LogP contribution in [0.2, 0.25) is 0 Å². The molecule has 0 saturated carbocycles. The predicted molar refractivity (Wildman–Crippen MR) is 272 cm³/mol. The first-order valence-electron chi connectivity index (χ1n) is 23.0. The lowest BCUT2D eigenvalue weighted by Gasteiger charge is -2.40. The van der Waals surface area contributed by atoms with Crippen molar-refractivity contribution in [3.05, 3.63) is 263 Å². The van der Waals surface area contributed by atoms with Crippen LogP contribution in [0.1, 0.15) is 33.4 Å². The van der Waals surface area contributed by atoms with Gasteiger partial charge in [0, 0.05) is 45.3 Å². The quantitative estimate of drug-likeness (QED) is 0.165. The zero-order valence-electron chi connectivity index (χ0n) is 37.3. The third-order valence-electron chi connectivity index (χ3n) is 14.1. The molecule has 0 fully saturated rings. The van der Waals surface area contributed by atoms with Crippen LogP contribution in [-0.4, -0.2) is 0 Å². The summed E-state index contributed by atoms with van der Waals surface area (Å²) in [5.74, 6) is 0.968. The summed E-state index contributed by atoms with van der Waals surface area (Å²) in [5, 5.41) is 0. The molecule has 13 rings (SSSR count). The fourth-order valence-corrected chi connectivity index (χ4v) is 11.2. The Morgan fingerprint density at radius 1 is 0.324 bits per heavy atom. The average molecular weight is 881 g/mol. The predicted octanol–water partition coefficient (Wildman–Crippen LogP) is 17.3. The van der Waals surface area contributed by atoms with E-state index in [-0.39, 0.29) is 11.6 Å². The Balaban J connectivity index is 1.23. The Morgan fingerprint density at radius 3 is 1.03 bits per heavy atom. The molecule has 1 aliphatic heterocycles. The normalized spacial score (nSPS) is 12.9. The van der Waals surface area contributed by atoms with Crippen molar-refractivity contribution in [3.63, 3.8) is 0 Å². The summed E-state index contributed by atoms with van der Waals surface area (Å²) < 4.78 is 36.6. The van der Waals surface area contributed by atoms with Gasteiger partial charge in [-0.1, -0.05) is 120 Å². The van der Waals surface area contributed by atoms with E-state index >= 15 is 0 Å². The standard InChI is InChI=1S/C63H42F2N2O/c1-39-19-27-43(28-20-39)66(45-31-23-41(64)24-32-45)47-35-53-51-13-5-3-11-49(51)50-12-4-6-14-52(50)54-36-48(67(44-29-21-40(2)22-30-44)46-33-25-42(65)26-34-46)38-58-62(54)61(53)57(37-47)63(58)55-15-7-9-17-59(55)68-60-18-10-8-16-56(60)63/h3-38H,1-2H3. The molecule has 0 amide bonds. The molecule has 68 heavy (non-hydrogen) atoms. The van der Waals surface area contributed by atoms with E-state index in [2.05, 4.69) is 181 Å². The Labute approximate surface area is 394 Å². The maximum Gasteiger partial charge on any atom is 0.132 e. The van der Waals surface area contributed by atoms with E-state index in [1.165, 1.54) is 24.3 Å². The molecule has 5 heteroatoms. The molecule has 3 nitrogen and oxygen atoms in total. The van der Waals surface area contributed by atoms with Crippen LogP contribution >= 0.6 is 0 Å². The number of para-hydroxylation sites is 2. The fourth-order valence-electron chi connectivity index (χ4n) is 11.2. The molecule has 0 radical (unpaired) electrons. The molecule has 0 unspecified atom stereocenters. The van der Waals surface area contributed by atoms with Gasteiger partial charge in [0.1, 0.15) is 23.1 Å². The van der Waals surface area contributed by atoms with Crippen molar-refractivity contribution >= 4 is 34.1 Å². The summed E-state index contributed by atoms with van der Waals surface area (Å²) >= 11 is 0. The van der Waals surface area contributed by atoms with Gasteiger partial charge in [-0.05, 0) is 179 Å². The van der Waals surface area contributed by atoms with Gasteiger partial charge in [0.2, 0.25) is 0 Å². The molecule has 0 saturated heterocycles. The molecule has 324 valence electrons. The maximum absolute atomic E-state index is 14.8. The van der Waals surface area contributed by atoms with Crippen LogP contribution in [-0.2, 0) is 5.41 Å². The second kappa shape index (κ2) is 15.3.